The molecule has 3 aromatic carbocycles. The molecule has 3 saturated heterocycles. The van der Waals surface area contributed by atoms with Crippen LogP contribution in [-0.4, -0.2) is 330 Å². The van der Waals surface area contributed by atoms with Crippen molar-refractivity contribution in [2.45, 2.75) is 195 Å². The number of carbonyl (C=O) groups excluding carboxylic acids is 17. The number of hydrogen-bond acceptors (Lipinski definition) is 24. The van der Waals surface area contributed by atoms with Crippen molar-refractivity contribution in [2.75, 3.05) is 78.6 Å². The van der Waals surface area contributed by atoms with Gasteiger partial charge < -0.3 is 130 Å². The Morgan fingerprint density at radius 2 is 1.04 bits per heavy atom. The van der Waals surface area contributed by atoms with Crippen LogP contribution >= 0.6 is 11.8 Å². The van der Waals surface area contributed by atoms with Gasteiger partial charge in [-0.2, -0.15) is 0 Å². The summed E-state index contributed by atoms with van der Waals surface area (Å²) in [6.07, 6.45) is -0.386. The number of benzene rings is 3. The number of aromatic nitrogens is 2. The van der Waals surface area contributed by atoms with Gasteiger partial charge in [-0.25, -0.2) is 0 Å². The maximum absolute atomic E-state index is 15.1. The minimum absolute atomic E-state index is 0.00830. The lowest BCUT2D eigenvalue weighted by Crippen LogP contribution is -2.61. The number of nitrogens with one attached hydrogen (secondary N) is 12. The minimum atomic E-state index is -1.90. The fourth-order valence-electron chi connectivity index (χ4n) is 15.0. The Balaban J connectivity index is 1.14. The number of aromatic hydroxyl groups is 1. The highest BCUT2D eigenvalue weighted by molar-refractivity contribution is 8.00. The van der Waals surface area contributed by atoms with E-state index in [1.165, 1.54) is 59.3 Å². The number of rotatable bonds is 21. The van der Waals surface area contributed by atoms with Gasteiger partial charge in [0.15, 0.2) is 0 Å². The molecule has 0 bridgehead atoms. The third-order valence-corrected chi connectivity index (χ3v) is 23.3. The smallest absolute Gasteiger partial charge is 0.246 e. The fourth-order valence-corrected chi connectivity index (χ4v) is 15.9. The van der Waals surface area contributed by atoms with Crippen molar-refractivity contribution in [1.29, 1.82) is 0 Å². The van der Waals surface area contributed by atoms with Crippen molar-refractivity contribution in [2.24, 2.45) is 17.2 Å². The number of nitrogens with two attached hydrogens (primary N) is 3. The van der Waals surface area contributed by atoms with Gasteiger partial charge in [-0.3, -0.25) is 81.5 Å². The van der Waals surface area contributed by atoms with E-state index in [0.717, 1.165) is 36.3 Å². The molecule has 8 rings (SSSR count). The molecule has 15 atom stereocenters. The van der Waals surface area contributed by atoms with E-state index in [1.807, 2.05) is 0 Å². The number of phenolic OH excluding ortho intramolecular Hbond substituents is 1. The maximum atomic E-state index is 15.1. The van der Waals surface area contributed by atoms with E-state index in [9.17, 15) is 97.5 Å². The van der Waals surface area contributed by atoms with Crippen LogP contribution in [0.2, 0.25) is 0 Å². The predicted octanol–water partition coefficient (Wildman–Crippen LogP) is -6.26. The molecular formula is C82H114N20O22S. The molecule has 680 valence electrons. The molecule has 42 nitrogen and oxygen atoms in total. The second-order valence-corrected chi connectivity index (χ2v) is 32.3. The molecule has 5 heterocycles. The summed E-state index contributed by atoms with van der Waals surface area (Å²) in [5.41, 5.74) is 19.5. The van der Waals surface area contributed by atoms with Crippen LogP contribution in [0.4, 0.5) is 0 Å². The Hall–Kier alpha value is -12.3. The summed E-state index contributed by atoms with van der Waals surface area (Å²) in [7, 11) is 3.74. The van der Waals surface area contributed by atoms with Gasteiger partial charge in [0.1, 0.15) is 90.3 Å². The van der Waals surface area contributed by atoms with Crippen LogP contribution in [0.25, 0.3) is 21.8 Å². The minimum Gasteiger partial charge on any atom is -0.508 e. The van der Waals surface area contributed by atoms with Gasteiger partial charge >= 0.3 is 0 Å². The molecule has 23 N–H and O–H groups in total. The first-order chi connectivity index (χ1) is 59.5. The van der Waals surface area contributed by atoms with Gasteiger partial charge in [0, 0.05) is 106 Å². The van der Waals surface area contributed by atoms with Gasteiger partial charge in [-0.05, 0) is 99.9 Å². The number of H-pyrrole nitrogens is 2. The van der Waals surface area contributed by atoms with Crippen molar-refractivity contribution in [1.82, 2.24) is 87.6 Å². The molecule has 0 unspecified atom stereocenters. The number of amides is 17. The van der Waals surface area contributed by atoms with Crippen LogP contribution in [0.1, 0.15) is 102 Å². The summed E-state index contributed by atoms with van der Waals surface area (Å²) < 4.78 is 0. The van der Waals surface area contributed by atoms with Gasteiger partial charge in [-0.15, -0.1) is 11.8 Å². The van der Waals surface area contributed by atoms with Crippen LogP contribution in [0.5, 0.6) is 5.75 Å². The topological polar surface area (TPSA) is 637 Å². The highest BCUT2D eigenvalue weighted by Crippen LogP contribution is 2.27. The Morgan fingerprint density at radius 3 is 1.63 bits per heavy atom. The van der Waals surface area contributed by atoms with Crippen LogP contribution in [0, 0.1) is 0 Å². The first kappa shape index (κ1) is 98.1. The number of nitrogens with zero attached hydrogens (tertiary/aromatic N) is 5. The van der Waals surface area contributed by atoms with E-state index >= 15 is 9.59 Å². The van der Waals surface area contributed by atoms with E-state index in [0.29, 0.717) is 44.9 Å². The summed E-state index contributed by atoms with van der Waals surface area (Å²) in [5, 5.41) is 79.9. The lowest BCUT2D eigenvalue weighted by Gasteiger charge is -2.34. The molecule has 0 spiro atoms. The molecule has 0 aliphatic carbocycles. The van der Waals surface area contributed by atoms with E-state index in [-0.39, 0.29) is 76.6 Å². The molecular weight excluding hydrogens is 1650 g/mol. The second kappa shape index (κ2) is 46.4. The molecule has 125 heavy (non-hydrogen) atoms. The van der Waals surface area contributed by atoms with Crippen LogP contribution in [0.15, 0.2) is 85.2 Å². The molecule has 3 aliphatic heterocycles. The maximum Gasteiger partial charge on any atom is 0.246 e. The number of para-hydroxylation sites is 2. The second-order valence-electron chi connectivity index (χ2n) is 31.2. The molecule has 3 fully saturated rings. The van der Waals surface area contributed by atoms with E-state index in [4.69, 9.17) is 17.2 Å². The molecule has 5 aromatic rings. The Kier molecular flexibility index (Phi) is 36.4. The third-order valence-electron chi connectivity index (χ3n) is 22.3. The first-order valence-corrected chi connectivity index (χ1v) is 42.3. The van der Waals surface area contributed by atoms with Crippen LogP contribution in [-0.2, 0) is 101 Å². The van der Waals surface area contributed by atoms with Crippen molar-refractivity contribution in [3.8, 4) is 5.75 Å². The average molecular weight is 1760 g/mol. The van der Waals surface area contributed by atoms with Crippen LogP contribution in [0.3, 0.4) is 0 Å². The van der Waals surface area contributed by atoms with Gasteiger partial charge in [0.2, 0.25) is 100 Å². The SMILES string of the molecule is CCCC[C@H]1C(=O)N[C@H](CC(N)=O)C(=O)N2CCC[C@H]2C(=O)N[C@@H](CO)C(=O)N[C@@H](CCO)C(=O)N2C[C@H](O)C[C@H]2C(=O)N[C@@H](Cc2c[nH]c3ccccc23)C(=O)N[C@@H](CO)C(=O)N[C@@H](Cc2c[nH]c3ccccc23)C(=O)N(C)[C@@H](C)C(=O)N(C)[C@@H](C)C(=O)N[C@@H](CCCN)C(=O)N[C@H](C(=O)NCC(N)=O)CSCC(=O)N[C@@H](Cc2ccc(O)cc2)C(=O)N1C. The summed E-state index contributed by atoms with van der Waals surface area (Å²) in [6.45, 7) is -0.0771. The van der Waals surface area contributed by atoms with E-state index in [1.54, 1.807) is 67.8 Å². The van der Waals surface area contributed by atoms with Gasteiger partial charge in [0.05, 0.1) is 38.0 Å². The lowest BCUT2D eigenvalue weighted by atomic mass is 10.0. The number of aliphatic hydroxyl groups is 4. The van der Waals surface area contributed by atoms with Crippen molar-refractivity contribution in [3.63, 3.8) is 0 Å². The number of aromatic amines is 2. The zero-order valence-electron chi connectivity index (χ0n) is 70.4. The van der Waals surface area contributed by atoms with E-state index in [2.05, 4.69) is 63.1 Å². The first-order valence-electron chi connectivity index (χ1n) is 41.2. The quantitative estimate of drug-likeness (QED) is 0.0325. The molecule has 2 aromatic heterocycles. The largest absolute Gasteiger partial charge is 0.508 e. The highest BCUT2D eigenvalue weighted by Gasteiger charge is 2.46. The lowest BCUT2D eigenvalue weighted by molar-refractivity contribution is -0.148. The summed E-state index contributed by atoms with van der Waals surface area (Å²) in [5.74, 6) is -18.2. The van der Waals surface area contributed by atoms with Gasteiger partial charge in [-0.1, -0.05) is 68.3 Å². The van der Waals surface area contributed by atoms with Crippen LogP contribution < -0.4 is 70.4 Å². The number of thioether (sulfide) groups is 1. The average Bonchev–Trinajstić information content (AvgIpc) is 1.80. The highest BCUT2D eigenvalue weighted by atomic mass is 32.2. The number of hydrogen-bond donors (Lipinski definition) is 20. The monoisotopic (exact) mass is 1760 g/mol. The van der Waals surface area contributed by atoms with Crippen molar-refractivity contribution >= 4 is 134 Å². The normalized spacial score (nSPS) is 25.8. The third kappa shape index (κ3) is 26.4. The zero-order chi connectivity index (χ0) is 91.6. The van der Waals surface area contributed by atoms with E-state index < -0.39 is 255 Å². The molecule has 43 heteroatoms. The number of phenols is 1. The predicted molar refractivity (Wildman–Crippen MR) is 452 cm³/mol. The Labute approximate surface area is 723 Å². The summed E-state index contributed by atoms with van der Waals surface area (Å²) >= 11 is 0.763. The molecule has 3 aliphatic rings. The molecule has 17 amide bonds. The van der Waals surface area contributed by atoms with Gasteiger partial charge in [0.25, 0.3) is 0 Å². The number of carbonyl (C=O) groups is 17. The molecule has 0 radical (unpaired) electrons. The van der Waals surface area contributed by atoms with Crippen molar-refractivity contribution in [3.05, 3.63) is 102 Å². The number of likely N-dealkylation sites (N-methyl/N-ethyl adjacent to an activating group) is 3. The number of aliphatic hydroxyl groups excluding tert-OH is 4. The zero-order valence-corrected chi connectivity index (χ0v) is 71.2. The number of unbranched alkanes of at least 4 members (excludes halogenated alkanes) is 1. The number of primary amides is 2. The number of fused-ring (bicyclic) bond motifs is 4. The standard InChI is InChI=1S/C82H114N20O22S/c1-7-8-20-63-75(117)94-59(34-66(84)108)82(124)101-28-14-21-64(101)76(118)96-61(40-105)73(115)91-55(26-29-103)81(123)102-38-49(107)33-65(102)77(119)92-56(31-46-35-86-52-17-11-9-15-50(46)52)72(114)95-60(39-104)74(116)93-58(32-47-36-87-53-18-12-10-16-51(47)53)79(121)99(5)44(3)78(120)98(4)43(2)69(111)90-54(19-13-27-83)71(113)97-62(70(112)88-37-67(85)109)41-125-42-68(110)89-57(80(122)100(63)6)30-45-22-24-48(106)25-23-45/h9-12,15-18,22-25,35-36,43-44,49,54-65,86-87,103-107H,7-8,13-14,19-21,26-34,37-42,83H2,1-6H3,(H2,84,108)(H2,85,109)(H,88,112)(H,89,110)(H,90,111)(H,91,115)(H,92,119)(H,93,116)(H,94,117)(H,95,114)(H,96,118)(H,97,113)/t43-,44-,49+,54-,55-,56-,57-,58-,59+,60-,61-,62-,63-,64-,65-/m0/s1. The molecule has 0 saturated carbocycles. The fraction of sp³-hybridized carbons (Fsp3) is 0.524. The Bertz CT molecular complexity index is 4720. The Morgan fingerprint density at radius 1 is 0.520 bits per heavy atom. The summed E-state index contributed by atoms with van der Waals surface area (Å²) in [6, 6.07) is -3.26. The van der Waals surface area contributed by atoms with Crippen molar-refractivity contribution < 1.29 is 107 Å². The summed E-state index contributed by atoms with van der Waals surface area (Å²) in [4.78, 5) is 255.